The van der Waals surface area contributed by atoms with Crippen molar-refractivity contribution in [2.45, 2.75) is 25.7 Å². The van der Waals surface area contributed by atoms with Crippen molar-refractivity contribution in [3.05, 3.63) is 47.8 Å². The van der Waals surface area contributed by atoms with Crippen LogP contribution in [0.3, 0.4) is 0 Å². The molecule has 0 bridgehead atoms. The minimum absolute atomic E-state index is 0.0737. The molecule has 6 heteroatoms. The third-order valence-corrected chi connectivity index (χ3v) is 3.21. The molecule has 0 spiro atoms. The van der Waals surface area contributed by atoms with E-state index in [1.54, 1.807) is 10.9 Å². The predicted octanol–water partition coefficient (Wildman–Crippen LogP) is 3.10. The maximum atomic E-state index is 13.1. The Morgan fingerprint density at radius 1 is 1.29 bits per heavy atom. The van der Waals surface area contributed by atoms with Crippen molar-refractivity contribution in [3.8, 4) is 0 Å². The summed E-state index contributed by atoms with van der Waals surface area (Å²) in [6.07, 6.45) is 2.57. The number of aromatic nitrogens is 2. The summed E-state index contributed by atoms with van der Waals surface area (Å²) in [5.74, 6) is -3.03. The van der Waals surface area contributed by atoms with Gasteiger partial charge >= 0.3 is 0 Å². The molecule has 0 saturated carbocycles. The van der Waals surface area contributed by atoms with Crippen molar-refractivity contribution >= 4 is 11.6 Å². The van der Waals surface area contributed by atoms with Crippen molar-refractivity contribution in [1.29, 1.82) is 0 Å². The number of aryl methyl sites for hydroxylation is 2. The monoisotopic (exact) mass is 293 g/mol. The molecule has 1 N–H and O–H groups in total. The van der Waals surface area contributed by atoms with Crippen LogP contribution in [0.4, 0.5) is 14.5 Å². The number of benzene rings is 1. The van der Waals surface area contributed by atoms with Gasteiger partial charge in [-0.1, -0.05) is 12.1 Å². The first-order valence-corrected chi connectivity index (χ1v) is 6.61. The van der Waals surface area contributed by atoms with Crippen LogP contribution in [0.15, 0.2) is 36.5 Å². The van der Waals surface area contributed by atoms with Crippen LogP contribution in [0.25, 0.3) is 0 Å². The summed E-state index contributed by atoms with van der Waals surface area (Å²) in [6.45, 7) is 0.842. The number of hydrogen-bond donors (Lipinski definition) is 1. The van der Waals surface area contributed by atoms with E-state index >= 15 is 0 Å². The third kappa shape index (κ3) is 4.11. The lowest BCUT2D eigenvalue weighted by atomic mass is 10.1. The average molecular weight is 293 g/mol. The molecule has 0 aliphatic heterocycles. The number of rotatable bonds is 5. The largest absolute Gasteiger partial charge is 0.326 e. The Morgan fingerprint density at radius 3 is 2.48 bits per heavy atom. The second-order valence-electron chi connectivity index (χ2n) is 4.96. The Morgan fingerprint density at radius 2 is 1.95 bits per heavy atom. The molecule has 2 rings (SSSR count). The molecule has 21 heavy (non-hydrogen) atoms. The van der Waals surface area contributed by atoms with E-state index in [9.17, 15) is 13.6 Å². The van der Waals surface area contributed by atoms with Gasteiger partial charge in [0.05, 0.1) is 0 Å². The number of alkyl halides is 2. The summed E-state index contributed by atoms with van der Waals surface area (Å²) in [5, 5.41) is 6.71. The number of anilines is 1. The first-order valence-electron chi connectivity index (χ1n) is 6.61. The molecule has 0 radical (unpaired) electrons. The number of nitrogens with zero attached hydrogens (tertiary/aromatic N) is 2. The molecule has 0 fully saturated rings. The molecule has 0 saturated heterocycles. The van der Waals surface area contributed by atoms with Crippen molar-refractivity contribution < 1.29 is 13.6 Å². The maximum absolute atomic E-state index is 13.1. The molecular formula is C15H17F2N3O. The lowest BCUT2D eigenvalue weighted by molar-refractivity contribution is -0.116. The molecule has 2 aromatic rings. The Balaban J connectivity index is 1.89. The van der Waals surface area contributed by atoms with Gasteiger partial charge < -0.3 is 5.32 Å². The van der Waals surface area contributed by atoms with Gasteiger partial charge in [0.25, 0.3) is 5.92 Å². The Bertz CT molecular complexity index is 615. The first-order chi connectivity index (χ1) is 9.86. The summed E-state index contributed by atoms with van der Waals surface area (Å²) >= 11 is 0. The second-order valence-corrected chi connectivity index (χ2v) is 4.96. The van der Waals surface area contributed by atoms with E-state index in [0.29, 0.717) is 18.5 Å². The minimum Gasteiger partial charge on any atom is -0.326 e. The Labute approximate surface area is 121 Å². The normalized spacial score (nSPS) is 11.4. The molecule has 1 amide bonds. The molecule has 0 aliphatic carbocycles. The number of hydrogen-bond acceptors (Lipinski definition) is 2. The Hall–Kier alpha value is -2.24. The van der Waals surface area contributed by atoms with E-state index in [1.807, 2.05) is 13.1 Å². The second kappa shape index (κ2) is 6.03. The van der Waals surface area contributed by atoms with E-state index < -0.39 is 5.92 Å². The van der Waals surface area contributed by atoms with Crippen LogP contribution >= 0.6 is 0 Å². The van der Waals surface area contributed by atoms with Gasteiger partial charge in [-0.25, -0.2) is 8.78 Å². The molecule has 0 atom stereocenters. The number of carbonyl (C=O) groups excluding carboxylic acids is 1. The molecule has 1 aromatic carbocycles. The number of amides is 1. The van der Waals surface area contributed by atoms with Crippen molar-refractivity contribution in [2.75, 3.05) is 5.32 Å². The maximum Gasteiger partial charge on any atom is 0.270 e. The fourth-order valence-electron chi connectivity index (χ4n) is 1.96. The van der Waals surface area contributed by atoms with Gasteiger partial charge in [-0.05, 0) is 24.6 Å². The molecule has 0 aliphatic rings. The molecule has 1 heterocycles. The lowest BCUT2D eigenvalue weighted by Crippen LogP contribution is -2.14. The van der Waals surface area contributed by atoms with E-state index in [-0.39, 0.29) is 11.5 Å². The molecule has 112 valence electrons. The highest BCUT2D eigenvalue weighted by Gasteiger charge is 2.23. The fraction of sp³-hybridized carbons (Fsp3) is 0.333. The zero-order valence-electron chi connectivity index (χ0n) is 11.9. The smallest absolute Gasteiger partial charge is 0.270 e. The molecule has 0 unspecified atom stereocenters. The minimum atomic E-state index is -2.87. The Kier molecular flexibility index (Phi) is 4.35. The van der Waals surface area contributed by atoms with Crippen LogP contribution in [-0.4, -0.2) is 15.7 Å². The number of carbonyl (C=O) groups is 1. The molecular weight excluding hydrogens is 276 g/mol. The van der Waals surface area contributed by atoms with Gasteiger partial charge in [-0.15, -0.1) is 0 Å². The molecule has 1 aromatic heterocycles. The lowest BCUT2D eigenvalue weighted by Gasteiger charge is -2.11. The van der Waals surface area contributed by atoms with Crippen molar-refractivity contribution in [3.63, 3.8) is 0 Å². The first kappa shape index (κ1) is 15.2. The topological polar surface area (TPSA) is 46.9 Å². The summed E-state index contributed by atoms with van der Waals surface area (Å²) < 4.78 is 27.9. The summed E-state index contributed by atoms with van der Waals surface area (Å²) in [6, 6.07) is 7.45. The third-order valence-electron chi connectivity index (χ3n) is 3.21. The van der Waals surface area contributed by atoms with Crippen molar-refractivity contribution in [2.24, 2.45) is 7.05 Å². The quantitative estimate of drug-likeness (QED) is 0.920. The zero-order chi connectivity index (χ0) is 15.5. The fourth-order valence-corrected chi connectivity index (χ4v) is 1.96. The molecule has 4 nitrogen and oxygen atoms in total. The van der Waals surface area contributed by atoms with E-state index in [2.05, 4.69) is 10.4 Å². The van der Waals surface area contributed by atoms with E-state index in [0.717, 1.165) is 12.6 Å². The zero-order valence-corrected chi connectivity index (χ0v) is 11.9. The van der Waals surface area contributed by atoms with Crippen LogP contribution in [0, 0.1) is 0 Å². The van der Waals surface area contributed by atoms with E-state index in [1.165, 1.54) is 24.3 Å². The summed E-state index contributed by atoms with van der Waals surface area (Å²) in [7, 11) is 1.82. The highest BCUT2D eigenvalue weighted by atomic mass is 19.3. The number of halogens is 2. The van der Waals surface area contributed by atoms with Crippen molar-refractivity contribution in [1.82, 2.24) is 9.78 Å². The van der Waals surface area contributed by atoms with Crippen LogP contribution in [0.2, 0.25) is 0 Å². The summed E-state index contributed by atoms with van der Waals surface area (Å²) in [5.41, 5.74) is 1.40. The van der Waals surface area contributed by atoms with Gasteiger partial charge in [-0.3, -0.25) is 9.48 Å². The highest BCUT2D eigenvalue weighted by molar-refractivity contribution is 5.90. The van der Waals surface area contributed by atoms with Crippen LogP contribution in [0.5, 0.6) is 0 Å². The van der Waals surface area contributed by atoms with Gasteiger partial charge in [0.15, 0.2) is 0 Å². The summed E-state index contributed by atoms with van der Waals surface area (Å²) in [4.78, 5) is 11.8. The average Bonchev–Trinajstić information content (AvgIpc) is 2.81. The van der Waals surface area contributed by atoms with Crippen LogP contribution in [-0.2, 0) is 24.2 Å². The SMILES string of the molecule is Cn1nccc1CCC(=O)Nc1ccc(C(C)(F)F)cc1. The predicted molar refractivity (Wildman–Crippen MR) is 76.2 cm³/mol. The van der Waals surface area contributed by atoms with E-state index in [4.69, 9.17) is 0 Å². The van der Waals surface area contributed by atoms with Crippen LogP contribution < -0.4 is 5.32 Å². The van der Waals surface area contributed by atoms with Gasteiger partial charge in [0.2, 0.25) is 5.91 Å². The standard InChI is InChI=1S/C15H17F2N3O/c1-15(16,17)11-3-5-12(6-4-11)19-14(21)8-7-13-9-10-18-20(13)2/h3-6,9-10H,7-8H2,1-2H3,(H,19,21). The number of nitrogens with one attached hydrogen (secondary N) is 1. The van der Waals surface area contributed by atoms with Gasteiger partial charge in [0.1, 0.15) is 0 Å². The van der Waals surface area contributed by atoms with Gasteiger partial charge in [0, 0.05) is 43.5 Å². The van der Waals surface area contributed by atoms with Gasteiger partial charge in [-0.2, -0.15) is 5.10 Å². The van der Waals surface area contributed by atoms with Crippen LogP contribution in [0.1, 0.15) is 24.6 Å². The highest BCUT2D eigenvalue weighted by Crippen LogP contribution is 2.27.